The summed E-state index contributed by atoms with van der Waals surface area (Å²) < 4.78 is 47.8. The van der Waals surface area contributed by atoms with E-state index in [9.17, 15) is 9.18 Å². The van der Waals surface area contributed by atoms with Gasteiger partial charge in [0.05, 0.1) is 30.2 Å². The van der Waals surface area contributed by atoms with Crippen molar-refractivity contribution in [3.8, 4) is 17.3 Å². The van der Waals surface area contributed by atoms with E-state index in [1.54, 1.807) is 49.9 Å². The maximum absolute atomic E-state index is 16.5. The Labute approximate surface area is 263 Å². The number of hydrogen-bond acceptors (Lipinski definition) is 8. The van der Waals surface area contributed by atoms with Gasteiger partial charge in [0.25, 0.3) is 0 Å². The van der Waals surface area contributed by atoms with E-state index in [2.05, 4.69) is 19.8 Å². The molecule has 4 heterocycles. The SMILES string of the molecule is [C-]#[N+]C[C@H]1CN(c2nc(OCC3COC3)nc3c(F)c(-c4cccc5ccc(F)c(Cl)c45)ncc23)CCN1C(=O)OC(C)(C)C. The fourth-order valence-electron chi connectivity index (χ4n) is 5.47. The Morgan fingerprint density at radius 1 is 1.18 bits per heavy atom. The molecule has 0 bridgehead atoms. The molecule has 2 aromatic heterocycles. The highest BCUT2D eigenvalue weighted by molar-refractivity contribution is 6.36. The van der Waals surface area contributed by atoms with Gasteiger partial charge in [0, 0.05) is 42.7 Å². The largest absolute Gasteiger partial charge is 0.463 e. The van der Waals surface area contributed by atoms with Gasteiger partial charge >= 0.3 is 12.1 Å². The van der Waals surface area contributed by atoms with Crippen molar-refractivity contribution in [2.75, 3.05) is 50.9 Å². The number of fused-ring (bicyclic) bond motifs is 2. The number of carbonyl (C=O) groups is 1. The summed E-state index contributed by atoms with van der Waals surface area (Å²) in [6.45, 7) is 15.1. The van der Waals surface area contributed by atoms with Crippen molar-refractivity contribution in [3.63, 3.8) is 0 Å². The summed E-state index contributed by atoms with van der Waals surface area (Å²) in [4.78, 5) is 33.5. The van der Waals surface area contributed by atoms with E-state index in [-0.39, 0.29) is 54.4 Å². The summed E-state index contributed by atoms with van der Waals surface area (Å²) in [7, 11) is 0. The second-order valence-corrected chi connectivity index (χ2v) is 12.5. The Bertz CT molecular complexity index is 1820. The van der Waals surface area contributed by atoms with Crippen LogP contribution in [0.4, 0.5) is 19.4 Å². The third kappa shape index (κ3) is 6.15. The number of carbonyl (C=O) groups excluding carboxylic acids is 1. The molecule has 0 saturated carbocycles. The third-order valence-electron chi connectivity index (χ3n) is 7.70. The van der Waals surface area contributed by atoms with Crippen molar-refractivity contribution in [2.24, 2.45) is 5.92 Å². The maximum atomic E-state index is 16.5. The van der Waals surface area contributed by atoms with Gasteiger partial charge in [0.1, 0.15) is 34.5 Å². The number of amides is 1. The van der Waals surface area contributed by atoms with Crippen molar-refractivity contribution >= 4 is 45.2 Å². The lowest BCUT2D eigenvalue weighted by Gasteiger charge is -2.40. The Morgan fingerprint density at radius 2 is 1.98 bits per heavy atom. The summed E-state index contributed by atoms with van der Waals surface area (Å²) >= 11 is 6.36. The Hall–Kier alpha value is -4.34. The van der Waals surface area contributed by atoms with Gasteiger partial charge < -0.3 is 24.0 Å². The predicted octanol–water partition coefficient (Wildman–Crippen LogP) is 6.15. The predicted molar refractivity (Wildman–Crippen MR) is 165 cm³/mol. The number of aromatic nitrogens is 3. The number of pyridine rings is 1. The van der Waals surface area contributed by atoms with Crippen molar-refractivity contribution in [1.82, 2.24) is 19.9 Å². The molecule has 6 rings (SSSR count). The van der Waals surface area contributed by atoms with Crippen LogP contribution in [0.1, 0.15) is 20.8 Å². The number of piperazine rings is 1. The fourth-order valence-corrected chi connectivity index (χ4v) is 5.74. The molecule has 2 aliphatic heterocycles. The normalized spacial score (nSPS) is 17.3. The molecule has 0 N–H and O–H groups in total. The van der Waals surface area contributed by atoms with Gasteiger partial charge in [-0.25, -0.2) is 20.1 Å². The van der Waals surface area contributed by atoms with Crippen LogP contribution in [0.2, 0.25) is 5.02 Å². The molecule has 2 saturated heterocycles. The monoisotopic (exact) mass is 636 g/mol. The minimum atomic E-state index is -0.745. The van der Waals surface area contributed by atoms with Gasteiger partial charge in [-0.3, -0.25) is 9.88 Å². The van der Waals surface area contributed by atoms with Gasteiger partial charge in [-0.2, -0.15) is 9.97 Å². The first-order chi connectivity index (χ1) is 21.5. The van der Waals surface area contributed by atoms with Crippen LogP contribution in [-0.4, -0.2) is 83.6 Å². The lowest BCUT2D eigenvalue weighted by Crippen LogP contribution is -2.57. The first kappa shape index (κ1) is 30.7. The van der Waals surface area contributed by atoms with E-state index in [1.807, 2.05) is 4.90 Å². The van der Waals surface area contributed by atoms with Crippen LogP contribution in [0.3, 0.4) is 0 Å². The first-order valence-electron chi connectivity index (χ1n) is 14.6. The number of ether oxygens (including phenoxy) is 3. The van der Waals surface area contributed by atoms with Gasteiger partial charge in [-0.05, 0) is 32.2 Å². The molecule has 2 aliphatic rings. The van der Waals surface area contributed by atoms with Gasteiger partial charge in [0.15, 0.2) is 5.82 Å². The molecule has 13 heteroatoms. The van der Waals surface area contributed by atoms with E-state index in [4.69, 9.17) is 32.4 Å². The van der Waals surface area contributed by atoms with Gasteiger partial charge in [0.2, 0.25) is 6.54 Å². The molecule has 0 spiro atoms. The molecule has 1 amide bonds. The van der Waals surface area contributed by atoms with Crippen molar-refractivity contribution in [1.29, 1.82) is 0 Å². The van der Waals surface area contributed by atoms with Crippen LogP contribution in [0, 0.1) is 24.1 Å². The van der Waals surface area contributed by atoms with Crippen LogP contribution in [-0.2, 0) is 9.47 Å². The zero-order valence-electron chi connectivity index (χ0n) is 25.0. The molecule has 0 aliphatic carbocycles. The van der Waals surface area contributed by atoms with Gasteiger partial charge in [-0.15, -0.1) is 0 Å². The Morgan fingerprint density at radius 3 is 2.69 bits per heavy atom. The maximum Gasteiger partial charge on any atom is 0.410 e. The average molecular weight is 637 g/mol. The first-order valence-corrected chi connectivity index (χ1v) is 14.9. The number of halogens is 3. The highest BCUT2D eigenvalue weighted by atomic mass is 35.5. The van der Waals surface area contributed by atoms with Crippen LogP contribution < -0.4 is 9.64 Å². The van der Waals surface area contributed by atoms with Crippen LogP contribution in [0.15, 0.2) is 36.5 Å². The lowest BCUT2D eigenvalue weighted by molar-refractivity contribution is -0.0520. The van der Waals surface area contributed by atoms with Crippen molar-refractivity contribution in [3.05, 3.63) is 64.6 Å². The molecule has 2 aromatic carbocycles. The standard InChI is InChI=1S/C32H31ClF2N6O4/c1-32(2,3)45-31(42)41-11-10-40(14-20(41)12-36-4)29-22-13-37-27(21-7-5-6-19-8-9-23(34)25(33)24(19)21)26(35)28(22)38-30(39-29)44-17-18-15-43-16-18/h5-9,13,18,20H,10-12,14-17H2,1-3H3/t20-/m0/s1. The Kier molecular flexibility index (Phi) is 8.33. The summed E-state index contributed by atoms with van der Waals surface area (Å²) in [6, 6.07) is 7.42. The van der Waals surface area contributed by atoms with Crippen molar-refractivity contribution in [2.45, 2.75) is 32.4 Å². The zero-order valence-corrected chi connectivity index (χ0v) is 25.8. The van der Waals surface area contributed by atoms with Gasteiger partial charge in [-0.1, -0.05) is 35.9 Å². The summed E-state index contributed by atoms with van der Waals surface area (Å²) in [5, 5.41) is 1.15. The second-order valence-electron chi connectivity index (χ2n) is 12.1. The van der Waals surface area contributed by atoms with E-state index >= 15 is 4.39 Å². The third-order valence-corrected chi connectivity index (χ3v) is 8.07. The topological polar surface area (TPSA) is 94.3 Å². The van der Waals surface area contributed by atoms with E-state index in [1.165, 1.54) is 12.3 Å². The highest BCUT2D eigenvalue weighted by Crippen LogP contribution is 2.38. The molecular formula is C32H31ClF2N6O4. The average Bonchev–Trinajstić information content (AvgIpc) is 2.97. The summed E-state index contributed by atoms with van der Waals surface area (Å²) in [5.74, 6) is -0.846. The fraction of sp³-hybridized carbons (Fsp3) is 0.406. The molecule has 2 fully saturated rings. The number of nitrogens with zero attached hydrogens (tertiary/aromatic N) is 6. The number of rotatable bonds is 6. The second kappa shape index (κ2) is 12.2. The van der Waals surface area contributed by atoms with Crippen LogP contribution in [0.5, 0.6) is 6.01 Å². The zero-order chi connectivity index (χ0) is 31.9. The Balaban J connectivity index is 1.43. The molecule has 0 unspecified atom stereocenters. The number of anilines is 1. The number of benzene rings is 2. The summed E-state index contributed by atoms with van der Waals surface area (Å²) in [6.07, 6.45) is 0.973. The van der Waals surface area contributed by atoms with E-state index < -0.39 is 29.4 Å². The molecule has 234 valence electrons. The lowest BCUT2D eigenvalue weighted by atomic mass is 10.0. The molecule has 1 atom stereocenters. The summed E-state index contributed by atoms with van der Waals surface area (Å²) in [5.41, 5.74) is -0.470. The van der Waals surface area contributed by atoms with Crippen molar-refractivity contribution < 1.29 is 27.8 Å². The highest BCUT2D eigenvalue weighted by Gasteiger charge is 2.37. The smallest absolute Gasteiger partial charge is 0.410 e. The molecular weight excluding hydrogens is 606 g/mol. The minimum Gasteiger partial charge on any atom is -0.463 e. The molecule has 10 nitrogen and oxygen atoms in total. The molecule has 45 heavy (non-hydrogen) atoms. The van der Waals surface area contributed by atoms with Crippen LogP contribution >= 0.6 is 11.6 Å². The number of hydrogen-bond donors (Lipinski definition) is 0. The molecule has 4 aromatic rings. The minimum absolute atomic E-state index is 0.0289. The quantitative estimate of drug-likeness (QED) is 0.233. The van der Waals surface area contributed by atoms with Crippen LogP contribution in [0.25, 0.3) is 37.8 Å². The van der Waals surface area contributed by atoms with E-state index in [0.29, 0.717) is 47.3 Å². The van der Waals surface area contributed by atoms with E-state index in [0.717, 1.165) is 0 Å². The molecule has 0 radical (unpaired) electrons.